The molecule has 0 fully saturated rings. The predicted octanol–water partition coefficient (Wildman–Crippen LogP) is 11.1. The lowest BCUT2D eigenvalue weighted by Gasteiger charge is -2.34. The Balaban J connectivity index is 1.21. The molecule has 4 heterocycles. The molecule has 0 unspecified atom stereocenters. The number of rotatable bonds is 4. The first kappa shape index (κ1) is 28.4. The predicted molar refractivity (Wildman–Crippen MR) is 208 cm³/mol. The summed E-state index contributed by atoms with van der Waals surface area (Å²) in [5, 5.41) is 3.63. The van der Waals surface area contributed by atoms with E-state index in [9.17, 15) is 0 Å². The summed E-state index contributed by atoms with van der Waals surface area (Å²) >= 11 is 0. The van der Waals surface area contributed by atoms with Gasteiger partial charge < -0.3 is 9.47 Å². The summed E-state index contributed by atoms with van der Waals surface area (Å²) in [5.74, 6) is 0.901. The van der Waals surface area contributed by atoms with Crippen LogP contribution in [-0.4, -0.2) is 26.5 Å². The van der Waals surface area contributed by atoms with E-state index in [4.69, 9.17) is 4.99 Å². The zero-order valence-corrected chi connectivity index (χ0v) is 27.3. The van der Waals surface area contributed by atoms with E-state index in [1.165, 1.54) is 49.4 Å². The molecule has 0 saturated heterocycles. The third kappa shape index (κ3) is 4.50. The van der Waals surface area contributed by atoms with E-state index in [-0.39, 0.29) is 0 Å². The van der Waals surface area contributed by atoms with E-state index >= 15 is 0 Å². The highest BCUT2D eigenvalue weighted by molar-refractivity contribution is 6.22. The maximum atomic E-state index is 5.35. The van der Waals surface area contributed by atoms with Crippen molar-refractivity contribution < 1.29 is 0 Å². The number of hydrogen-bond donors (Lipinski definition) is 0. The minimum absolute atomic E-state index is 0.723. The smallest absolute Gasteiger partial charge is 0.215 e. The highest BCUT2D eigenvalue weighted by Crippen LogP contribution is 2.40. The van der Waals surface area contributed by atoms with E-state index < -0.39 is 0 Å². The monoisotopic (exact) mass is 640 g/mol. The lowest BCUT2D eigenvalue weighted by atomic mass is 9.91. The SMILES string of the molecule is C1=CCN2C(=C1)C(c1cc(-c3ccccc3)cc(-c3ccccc3)c1)=CN=C2n1c2ccccc2c2ccc3c(ccn3-c3ccccc3)c21. The minimum Gasteiger partial charge on any atom is -0.316 e. The van der Waals surface area contributed by atoms with Gasteiger partial charge in [-0.3, -0.25) is 4.57 Å². The van der Waals surface area contributed by atoms with Gasteiger partial charge in [-0.25, -0.2) is 4.99 Å². The average Bonchev–Trinajstić information content (AvgIpc) is 3.78. The summed E-state index contributed by atoms with van der Waals surface area (Å²) in [6, 6.07) is 54.2. The third-order valence-electron chi connectivity index (χ3n) is 9.99. The highest BCUT2D eigenvalue weighted by Gasteiger charge is 2.29. The molecule has 8 aromatic rings. The molecular weight excluding hydrogens is 609 g/mol. The third-order valence-corrected chi connectivity index (χ3v) is 9.99. The van der Waals surface area contributed by atoms with Gasteiger partial charge in [0.1, 0.15) is 0 Å². The summed E-state index contributed by atoms with van der Waals surface area (Å²) in [5.41, 5.74) is 12.8. The number of aliphatic imine (C=N–C) groups is 1. The topological polar surface area (TPSA) is 25.5 Å². The van der Waals surface area contributed by atoms with Gasteiger partial charge >= 0.3 is 0 Å². The van der Waals surface area contributed by atoms with Crippen molar-refractivity contribution in [2.45, 2.75) is 0 Å². The molecule has 4 nitrogen and oxygen atoms in total. The number of benzene rings is 6. The Labute approximate surface area is 290 Å². The van der Waals surface area contributed by atoms with Gasteiger partial charge in [0.2, 0.25) is 5.96 Å². The van der Waals surface area contributed by atoms with E-state index in [0.717, 1.165) is 40.5 Å². The molecule has 2 aromatic heterocycles. The van der Waals surface area contributed by atoms with Crippen LogP contribution in [-0.2, 0) is 0 Å². The Morgan fingerprint density at radius 3 is 1.92 bits per heavy atom. The van der Waals surface area contributed by atoms with E-state index in [1.807, 2.05) is 0 Å². The summed E-state index contributed by atoms with van der Waals surface area (Å²) in [6.07, 6.45) is 10.9. The van der Waals surface area contributed by atoms with Crippen LogP contribution in [0.1, 0.15) is 5.56 Å². The van der Waals surface area contributed by atoms with E-state index in [0.29, 0.717) is 0 Å². The highest BCUT2D eigenvalue weighted by atomic mass is 15.3. The molecule has 0 saturated carbocycles. The zero-order chi connectivity index (χ0) is 33.0. The first-order valence-electron chi connectivity index (χ1n) is 17.1. The molecule has 6 aromatic carbocycles. The van der Waals surface area contributed by atoms with Crippen LogP contribution in [0.5, 0.6) is 0 Å². The molecule has 0 spiro atoms. The molecule has 2 aliphatic rings. The summed E-state index contributed by atoms with van der Waals surface area (Å²) in [6.45, 7) is 0.723. The van der Waals surface area contributed by atoms with Gasteiger partial charge in [-0.2, -0.15) is 0 Å². The van der Waals surface area contributed by atoms with Crippen molar-refractivity contribution in [3.63, 3.8) is 0 Å². The van der Waals surface area contributed by atoms with E-state index in [2.05, 4.69) is 196 Å². The van der Waals surface area contributed by atoms with Gasteiger partial charge in [0.25, 0.3) is 0 Å². The number of para-hydroxylation sites is 2. The van der Waals surface area contributed by atoms with Gasteiger partial charge in [-0.05, 0) is 82.4 Å². The number of aromatic nitrogens is 2. The van der Waals surface area contributed by atoms with Crippen LogP contribution in [0.25, 0.3) is 66.2 Å². The molecule has 0 atom stereocenters. The minimum atomic E-state index is 0.723. The number of allylic oxidation sites excluding steroid dienone is 3. The molecule has 0 N–H and O–H groups in total. The number of hydrogen-bond acceptors (Lipinski definition) is 2. The molecule has 2 aliphatic heterocycles. The molecule has 0 bridgehead atoms. The summed E-state index contributed by atoms with van der Waals surface area (Å²) in [7, 11) is 0. The fourth-order valence-corrected chi connectivity index (χ4v) is 7.67. The molecule has 4 heteroatoms. The van der Waals surface area contributed by atoms with Gasteiger partial charge in [-0.1, -0.05) is 115 Å². The van der Waals surface area contributed by atoms with Crippen LogP contribution in [0.3, 0.4) is 0 Å². The maximum absolute atomic E-state index is 5.35. The zero-order valence-electron chi connectivity index (χ0n) is 27.3. The second-order valence-corrected chi connectivity index (χ2v) is 12.9. The van der Waals surface area contributed by atoms with Crippen molar-refractivity contribution >= 4 is 44.2 Å². The number of fused-ring (bicyclic) bond motifs is 6. The fourth-order valence-electron chi connectivity index (χ4n) is 7.67. The van der Waals surface area contributed by atoms with Gasteiger partial charge in [0, 0.05) is 46.4 Å². The van der Waals surface area contributed by atoms with Crippen LogP contribution in [0, 0.1) is 0 Å². The molecule has 50 heavy (non-hydrogen) atoms. The normalized spacial score (nSPS) is 14.2. The Morgan fingerprint density at radius 1 is 0.520 bits per heavy atom. The van der Waals surface area contributed by atoms with Crippen molar-refractivity contribution in [3.05, 3.63) is 194 Å². The Bertz CT molecular complexity index is 2650. The Morgan fingerprint density at radius 2 is 1.18 bits per heavy atom. The van der Waals surface area contributed by atoms with Crippen molar-refractivity contribution in [2.24, 2.45) is 4.99 Å². The largest absolute Gasteiger partial charge is 0.316 e. The Kier molecular flexibility index (Phi) is 6.53. The van der Waals surface area contributed by atoms with Gasteiger partial charge in [0.05, 0.1) is 22.2 Å². The van der Waals surface area contributed by atoms with Crippen molar-refractivity contribution in [1.82, 2.24) is 14.0 Å². The summed E-state index contributed by atoms with van der Waals surface area (Å²) < 4.78 is 4.65. The van der Waals surface area contributed by atoms with Gasteiger partial charge in [0.15, 0.2) is 0 Å². The summed E-state index contributed by atoms with van der Waals surface area (Å²) in [4.78, 5) is 7.72. The Hall–Kier alpha value is -6.65. The molecular formula is C46H32N4. The maximum Gasteiger partial charge on any atom is 0.215 e. The van der Waals surface area contributed by atoms with Crippen molar-refractivity contribution in [2.75, 3.05) is 6.54 Å². The standard InChI is InChI=1S/C46H32N4/c1-4-14-32(15-5-1)34-28-35(33-16-6-2-7-17-33)30-36(29-34)41-31-47-46(49-26-13-12-21-42(41)49)50-44-22-11-10-20-38(44)39-23-24-43-40(45(39)50)25-27-48(43)37-18-8-3-9-19-37/h1-25,27-31H,26H2. The van der Waals surface area contributed by atoms with Crippen LogP contribution >= 0.6 is 0 Å². The van der Waals surface area contributed by atoms with Crippen LogP contribution in [0.2, 0.25) is 0 Å². The molecule has 236 valence electrons. The molecule has 0 radical (unpaired) electrons. The fraction of sp³-hybridized carbons (Fsp3) is 0.0217. The molecule has 0 amide bonds. The first-order valence-corrected chi connectivity index (χ1v) is 17.1. The van der Waals surface area contributed by atoms with Crippen LogP contribution in [0.15, 0.2) is 193 Å². The van der Waals surface area contributed by atoms with Crippen LogP contribution in [0.4, 0.5) is 0 Å². The molecule has 10 rings (SSSR count). The second-order valence-electron chi connectivity index (χ2n) is 12.9. The quantitative estimate of drug-likeness (QED) is 0.188. The second kappa shape index (κ2) is 11.5. The lowest BCUT2D eigenvalue weighted by Crippen LogP contribution is -2.38. The number of nitrogens with zero attached hydrogens (tertiary/aromatic N) is 4. The first-order chi connectivity index (χ1) is 24.8. The molecule has 0 aliphatic carbocycles. The van der Waals surface area contributed by atoms with Crippen LogP contribution < -0.4 is 0 Å². The van der Waals surface area contributed by atoms with E-state index in [1.54, 1.807) is 0 Å². The van der Waals surface area contributed by atoms with Gasteiger partial charge in [-0.15, -0.1) is 0 Å². The lowest BCUT2D eigenvalue weighted by molar-refractivity contribution is 0.562. The van der Waals surface area contributed by atoms with Crippen molar-refractivity contribution in [3.8, 4) is 27.9 Å². The van der Waals surface area contributed by atoms with Crippen molar-refractivity contribution in [1.29, 1.82) is 0 Å². The average molecular weight is 641 g/mol.